The second-order valence-corrected chi connectivity index (χ2v) is 5.00. The average molecular weight is 264 g/mol. The molecule has 0 heterocycles. The summed E-state index contributed by atoms with van der Waals surface area (Å²) in [6.45, 7) is 3.92. The highest BCUT2D eigenvalue weighted by molar-refractivity contribution is 5.93. The van der Waals surface area contributed by atoms with Crippen LogP contribution in [0.25, 0.3) is 0 Å². The third-order valence-electron chi connectivity index (χ3n) is 3.11. The third kappa shape index (κ3) is 5.30. The predicted molar refractivity (Wildman–Crippen MR) is 78.3 cm³/mol. The van der Waals surface area contributed by atoms with Gasteiger partial charge >= 0.3 is 0 Å². The van der Waals surface area contributed by atoms with Gasteiger partial charge in [0.15, 0.2) is 0 Å². The van der Waals surface area contributed by atoms with Crippen LogP contribution in [0.1, 0.15) is 33.1 Å². The zero-order chi connectivity index (χ0) is 14.3. The van der Waals surface area contributed by atoms with Crippen LogP contribution in [0.15, 0.2) is 24.3 Å². The van der Waals surface area contributed by atoms with Crippen LogP contribution in [0, 0.1) is 5.92 Å². The van der Waals surface area contributed by atoms with Gasteiger partial charge in [0.25, 0.3) is 0 Å². The largest absolute Gasteiger partial charge is 0.495 e. The van der Waals surface area contributed by atoms with Gasteiger partial charge in [0, 0.05) is 12.0 Å². The maximum absolute atomic E-state index is 12.1. The fourth-order valence-corrected chi connectivity index (χ4v) is 1.88. The Morgan fingerprint density at radius 3 is 2.63 bits per heavy atom. The van der Waals surface area contributed by atoms with E-state index in [1.165, 1.54) is 0 Å². The van der Waals surface area contributed by atoms with Gasteiger partial charge in [-0.3, -0.25) is 4.79 Å². The number of ether oxygens (including phenoxy) is 1. The lowest BCUT2D eigenvalue weighted by molar-refractivity contribution is -0.119. The number of nitrogens with one attached hydrogen (secondary N) is 1. The van der Waals surface area contributed by atoms with Gasteiger partial charge in [-0.1, -0.05) is 25.5 Å². The van der Waals surface area contributed by atoms with Gasteiger partial charge in [0.1, 0.15) is 5.75 Å². The molecule has 2 atom stereocenters. The molecule has 0 fully saturated rings. The van der Waals surface area contributed by atoms with E-state index >= 15 is 0 Å². The maximum atomic E-state index is 12.1. The molecule has 0 aliphatic carbocycles. The standard InChI is InChI=1S/C15H24N2O2/c1-11(7-6-8-12(2)16)15(18)17-13-9-4-5-10-14(13)19-3/h4-5,9-12H,6-8,16H2,1-3H3,(H,17,18). The van der Waals surface area contributed by atoms with E-state index < -0.39 is 0 Å². The number of rotatable bonds is 7. The van der Waals surface area contributed by atoms with Crippen LogP contribution in [0.4, 0.5) is 5.69 Å². The first-order valence-corrected chi connectivity index (χ1v) is 6.74. The first kappa shape index (κ1) is 15.5. The molecular weight excluding hydrogens is 240 g/mol. The number of methoxy groups -OCH3 is 1. The van der Waals surface area contributed by atoms with Crippen molar-refractivity contribution in [1.29, 1.82) is 0 Å². The summed E-state index contributed by atoms with van der Waals surface area (Å²) >= 11 is 0. The zero-order valence-corrected chi connectivity index (χ0v) is 12.0. The molecule has 0 saturated heterocycles. The second kappa shape index (κ2) is 7.79. The molecule has 0 aliphatic rings. The number of benzene rings is 1. The van der Waals surface area contributed by atoms with Crippen molar-refractivity contribution >= 4 is 11.6 Å². The molecule has 1 aromatic carbocycles. The molecule has 0 aromatic heterocycles. The van der Waals surface area contributed by atoms with Crippen molar-refractivity contribution in [2.75, 3.05) is 12.4 Å². The lowest BCUT2D eigenvalue weighted by Crippen LogP contribution is -2.21. The van der Waals surface area contributed by atoms with Gasteiger partial charge in [0.05, 0.1) is 12.8 Å². The summed E-state index contributed by atoms with van der Waals surface area (Å²) in [5.41, 5.74) is 6.42. The molecule has 3 N–H and O–H groups in total. The number of para-hydroxylation sites is 2. The summed E-state index contributed by atoms with van der Waals surface area (Å²) in [6, 6.07) is 7.62. The topological polar surface area (TPSA) is 64.3 Å². The van der Waals surface area contributed by atoms with Crippen molar-refractivity contribution in [3.63, 3.8) is 0 Å². The van der Waals surface area contributed by atoms with Gasteiger partial charge in [-0.25, -0.2) is 0 Å². The Labute approximate surface area is 115 Å². The molecule has 0 spiro atoms. The number of anilines is 1. The van der Waals surface area contributed by atoms with Crippen LogP contribution in [-0.4, -0.2) is 19.1 Å². The summed E-state index contributed by atoms with van der Waals surface area (Å²) in [5, 5.41) is 2.90. The Kier molecular flexibility index (Phi) is 6.36. The van der Waals surface area contributed by atoms with E-state index in [0.717, 1.165) is 19.3 Å². The fraction of sp³-hybridized carbons (Fsp3) is 0.533. The minimum Gasteiger partial charge on any atom is -0.495 e. The van der Waals surface area contributed by atoms with E-state index in [2.05, 4.69) is 5.32 Å². The third-order valence-corrected chi connectivity index (χ3v) is 3.11. The molecule has 2 unspecified atom stereocenters. The highest BCUT2D eigenvalue weighted by Crippen LogP contribution is 2.24. The molecule has 19 heavy (non-hydrogen) atoms. The molecule has 0 radical (unpaired) electrons. The molecule has 4 nitrogen and oxygen atoms in total. The first-order chi connectivity index (χ1) is 9.04. The number of hydrogen-bond donors (Lipinski definition) is 2. The lowest BCUT2D eigenvalue weighted by Gasteiger charge is -2.14. The van der Waals surface area contributed by atoms with Gasteiger partial charge in [-0.05, 0) is 31.9 Å². The Morgan fingerprint density at radius 1 is 1.32 bits per heavy atom. The van der Waals surface area contributed by atoms with Crippen molar-refractivity contribution in [3.05, 3.63) is 24.3 Å². The van der Waals surface area contributed by atoms with E-state index in [4.69, 9.17) is 10.5 Å². The SMILES string of the molecule is COc1ccccc1NC(=O)C(C)CCCC(C)N. The Hall–Kier alpha value is -1.55. The van der Waals surface area contributed by atoms with Crippen LogP contribution >= 0.6 is 0 Å². The van der Waals surface area contributed by atoms with Crippen molar-refractivity contribution in [3.8, 4) is 5.75 Å². The summed E-state index contributed by atoms with van der Waals surface area (Å²) in [4.78, 5) is 12.1. The predicted octanol–water partition coefficient (Wildman–Crippen LogP) is 2.79. The van der Waals surface area contributed by atoms with Crippen LogP contribution in [-0.2, 0) is 4.79 Å². The molecule has 1 rings (SSSR count). The molecule has 106 valence electrons. The van der Waals surface area contributed by atoms with E-state index in [1.807, 2.05) is 38.1 Å². The van der Waals surface area contributed by atoms with Gasteiger partial charge in [0.2, 0.25) is 5.91 Å². The molecule has 0 saturated carbocycles. The van der Waals surface area contributed by atoms with Crippen molar-refractivity contribution < 1.29 is 9.53 Å². The smallest absolute Gasteiger partial charge is 0.227 e. The second-order valence-electron chi connectivity index (χ2n) is 5.00. The molecule has 0 aliphatic heterocycles. The Morgan fingerprint density at radius 2 is 2.00 bits per heavy atom. The minimum atomic E-state index is -0.0244. The zero-order valence-electron chi connectivity index (χ0n) is 12.0. The Bertz CT molecular complexity index is 405. The van der Waals surface area contributed by atoms with Gasteiger partial charge in [-0.15, -0.1) is 0 Å². The highest BCUT2D eigenvalue weighted by Gasteiger charge is 2.14. The van der Waals surface area contributed by atoms with Crippen LogP contribution in [0.3, 0.4) is 0 Å². The van der Waals surface area contributed by atoms with Crippen LogP contribution in [0.2, 0.25) is 0 Å². The van der Waals surface area contributed by atoms with Crippen molar-refractivity contribution in [2.24, 2.45) is 11.7 Å². The number of hydrogen-bond acceptors (Lipinski definition) is 3. The quantitative estimate of drug-likeness (QED) is 0.796. The normalized spacial score (nSPS) is 13.7. The van der Waals surface area contributed by atoms with E-state index in [0.29, 0.717) is 11.4 Å². The molecule has 1 amide bonds. The fourth-order valence-electron chi connectivity index (χ4n) is 1.88. The van der Waals surface area contributed by atoms with Gasteiger partial charge < -0.3 is 15.8 Å². The van der Waals surface area contributed by atoms with E-state index in [9.17, 15) is 4.79 Å². The maximum Gasteiger partial charge on any atom is 0.227 e. The average Bonchev–Trinajstić information content (AvgIpc) is 2.38. The van der Waals surface area contributed by atoms with Gasteiger partial charge in [-0.2, -0.15) is 0 Å². The molecular formula is C15H24N2O2. The number of nitrogens with two attached hydrogens (primary N) is 1. The first-order valence-electron chi connectivity index (χ1n) is 6.74. The molecule has 4 heteroatoms. The minimum absolute atomic E-state index is 0.0224. The Balaban J connectivity index is 2.49. The van der Waals surface area contributed by atoms with Crippen LogP contribution < -0.4 is 15.8 Å². The lowest BCUT2D eigenvalue weighted by atomic mass is 10.0. The van der Waals surface area contributed by atoms with Crippen molar-refractivity contribution in [1.82, 2.24) is 0 Å². The summed E-state index contributed by atoms with van der Waals surface area (Å²) in [5.74, 6) is 0.677. The number of carbonyl (C=O) groups excluding carboxylic acids is 1. The highest BCUT2D eigenvalue weighted by atomic mass is 16.5. The van der Waals surface area contributed by atoms with Crippen LogP contribution in [0.5, 0.6) is 5.75 Å². The summed E-state index contributed by atoms with van der Waals surface area (Å²) < 4.78 is 5.21. The molecule has 1 aromatic rings. The number of amides is 1. The summed E-state index contributed by atoms with van der Waals surface area (Å²) in [6.07, 6.45) is 2.77. The van der Waals surface area contributed by atoms with E-state index in [-0.39, 0.29) is 17.9 Å². The van der Waals surface area contributed by atoms with E-state index in [1.54, 1.807) is 7.11 Å². The van der Waals surface area contributed by atoms with Crippen molar-refractivity contribution in [2.45, 2.75) is 39.2 Å². The molecule has 0 bridgehead atoms. The number of carbonyl (C=O) groups is 1. The summed E-state index contributed by atoms with van der Waals surface area (Å²) in [7, 11) is 1.59. The monoisotopic (exact) mass is 264 g/mol.